The van der Waals surface area contributed by atoms with Crippen LogP contribution in [0.4, 0.5) is 0 Å². The third-order valence-corrected chi connectivity index (χ3v) is 2.63. The monoisotopic (exact) mass is 262 g/mol. The fourth-order valence-corrected chi connectivity index (χ4v) is 1.56. The average Bonchev–Trinajstić information content (AvgIpc) is 2.55. The predicted octanol–water partition coefficient (Wildman–Crippen LogP) is 1.26. The highest BCUT2D eigenvalue weighted by Crippen LogP contribution is 2.12. The van der Waals surface area contributed by atoms with Crippen LogP contribution in [0, 0.1) is 6.92 Å². The normalized spacial score (nSPS) is 14.9. The molecule has 1 N–H and O–H groups in total. The Hall–Kier alpha value is -0.620. The molecule has 0 aromatic carbocycles. The minimum atomic E-state index is -0.607. The topological polar surface area (TPSA) is 56.5 Å². The van der Waals surface area contributed by atoms with Gasteiger partial charge in [-0.3, -0.25) is 4.68 Å². The Morgan fingerprint density at radius 2 is 2.24 bits per heavy atom. The smallest absolute Gasteiger partial charge is 0.0969 e. The third-order valence-electron chi connectivity index (χ3n) is 2.26. The lowest BCUT2D eigenvalue weighted by Crippen LogP contribution is -2.26. The van der Waals surface area contributed by atoms with E-state index >= 15 is 0 Å². The first-order chi connectivity index (χ1) is 8.02. The number of aryl methyl sites for hydroxylation is 1. The van der Waals surface area contributed by atoms with Gasteiger partial charge in [-0.1, -0.05) is 11.6 Å². The van der Waals surface area contributed by atoms with Gasteiger partial charge in [0.25, 0.3) is 0 Å². The minimum Gasteiger partial charge on any atom is -0.389 e. The highest BCUT2D eigenvalue weighted by atomic mass is 35.5. The van der Waals surface area contributed by atoms with E-state index in [1.165, 1.54) is 0 Å². The molecule has 1 aromatic rings. The van der Waals surface area contributed by atoms with Crippen molar-refractivity contribution in [1.82, 2.24) is 9.78 Å². The molecule has 1 heterocycles. The molecule has 1 aromatic heterocycles. The van der Waals surface area contributed by atoms with Gasteiger partial charge in [0.05, 0.1) is 42.7 Å². The second kappa shape index (κ2) is 6.96. The van der Waals surface area contributed by atoms with E-state index in [9.17, 15) is 5.11 Å². The van der Waals surface area contributed by atoms with Crippen molar-refractivity contribution in [3.05, 3.63) is 16.9 Å². The summed E-state index contributed by atoms with van der Waals surface area (Å²) in [5, 5.41) is 14.5. The van der Waals surface area contributed by atoms with E-state index in [2.05, 4.69) is 5.10 Å². The quantitative estimate of drug-likeness (QED) is 0.804. The molecule has 2 unspecified atom stereocenters. The van der Waals surface area contributed by atoms with E-state index in [0.717, 1.165) is 5.69 Å². The number of halogens is 1. The molecule has 0 aliphatic rings. The van der Waals surface area contributed by atoms with Crippen LogP contribution in [0.25, 0.3) is 0 Å². The molecular formula is C11H19ClN2O3. The fourth-order valence-electron chi connectivity index (χ4n) is 1.41. The van der Waals surface area contributed by atoms with E-state index < -0.39 is 6.10 Å². The van der Waals surface area contributed by atoms with Crippen LogP contribution in [-0.4, -0.2) is 47.4 Å². The van der Waals surface area contributed by atoms with Crippen LogP contribution in [-0.2, 0) is 16.0 Å². The van der Waals surface area contributed by atoms with Gasteiger partial charge in [-0.2, -0.15) is 5.10 Å². The van der Waals surface area contributed by atoms with Gasteiger partial charge in [0.1, 0.15) is 0 Å². The van der Waals surface area contributed by atoms with Gasteiger partial charge in [0.15, 0.2) is 0 Å². The van der Waals surface area contributed by atoms with E-state index in [4.69, 9.17) is 21.1 Å². The third kappa shape index (κ3) is 5.04. The average molecular weight is 263 g/mol. The highest BCUT2D eigenvalue weighted by molar-refractivity contribution is 6.31. The standard InChI is InChI=1S/C11H19ClN2O3/c1-8(6-16-3)17-7-10(15)4-14-5-11(12)9(2)13-14/h5,8,10,15H,4,6-7H2,1-3H3. The molecule has 0 aliphatic heterocycles. The summed E-state index contributed by atoms with van der Waals surface area (Å²) < 4.78 is 12.0. The number of aliphatic hydroxyl groups excluding tert-OH is 1. The Kier molecular flexibility index (Phi) is 5.91. The summed E-state index contributed by atoms with van der Waals surface area (Å²) in [5.41, 5.74) is 0.757. The van der Waals surface area contributed by atoms with Crippen LogP contribution in [0.5, 0.6) is 0 Å². The number of methoxy groups -OCH3 is 1. The van der Waals surface area contributed by atoms with Gasteiger partial charge in [-0.15, -0.1) is 0 Å². The first kappa shape index (κ1) is 14.4. The lowest BCUT2D eigenvalue weighted by molar-refractivity contribution is -0.0364. The van der Waals surface area contributed by atoms with Gasteiger partial charge in [-0.05, 0) is 13.8 Å². The van der Waals surface area contributed by atoms with Crippen molar-refractivity contribution in [2.45, 2.75) is 32.6 Å². The number of hydrogen-bond acceptors (Lipinski definition) is 4. The molecule has 98 valence electrons. The number of aromatic nitrogens is 2. The maximum absolute atomic E-state index is 9.75. The summed E-state index contributed by atoms with van der Waals surface area (Å²) in [4.78, 5) is 0. The van der Waals surface area contributed by atoms with E-state index in [-0.39, 0.29) is 12.7 Å². The maximum atomic E-state index is 9.75. The zero-order valence-corrected chi connectivity index (χ0v) is 11.1. The van der Waals surface area contributed by atoms with Gasteiger partial charge in [0.2, 0.25) is 0 Å². The number of hydrogen-bond donors (Lipinski definition) is 1. The number of aliphatic hydroxyl groups is 1. The number of rotatable bonds is 7. The van der Waals surface area contributed by atoms with Crippen LogP contribution in [0.2, 0.25) is 5.02 Å². The molecule has 1 rings (SSSR count). The van der Waals surface area contributed by atoms with Gasteiger partial charge >= 0.3 is 0 Å². The summed E-state index contributed by atoms with van der Waals surface area (Å²) in [6, 6.07) is 0. The predicted molar refractivity (Wildman–Crippen MR) is 65.3 cm³/mol. The zero-order valence-electron chi connectivity index (χ0n) is 10.4. The molecule has 0 spiro atoms. The number of nitrogens with zero attached hydrogens (tertiary/aromatic N) is 2. The van der Waals surface area contributed by atoms with E-state index in [0.29, 0.717) is 18.2 Å². The Morgan fingerprint density at radius 3 is 2.76 bits per heavy atom. The van der Waals surface area contributed by atoms with E-state index in [1.807, 2.05) is 13.8 Å². The Labute approximate surface area is 106 Å². The first-order valence-electron chi connectivity index (χ1n) is 5.51. The van der Waals surface area contributed by atoms with Crippen molar-refractivity contribution >= 4 is 11.6 Å². The molecule has 0 aliphatic carbocycles. The van der Waals surface area contributed by atoms with Crippen LogP contribution in [0.3, 0.4) is 0 Å². The summed E-state index contributed by atoms with van der Waals surface area (Å²) in [6.07, 6.45) is 1.06. The van der Waals surface area contributed by atoms with Crippen molar-refractivity contribution in [3.63, 3.8) is 0 Å². The molecule has 0 saturated heterocycles. The molecule has 6 heteroatoms. The lowest BCUT2D eigenvalue weighted by atomic mass is 10.3. The Balaban J connectivity index is 2.31. The highest BCUT2D eigenvalue weighted by Gasteiger charge is 2.10. The fraction of sp³-hybridized carbons (Fsp3) is 0.727. The van der Waals surface area contributed by atoms with Crippen LogP contribution < -0.4 is 0 Å². The first-order valence-corrected chi connectivity index (χ1v) is 5.89. The molecule has 2 atom stereocenters. The molecule has 0 fully saturated rings. The zero-order chi connectivity index (χ0) is 12.8. The van der Waals surface area contributed by atoms with Crippen molar-refractivity contribution in [3.8, 4) is 0 Å². The lowest BCUT2D eigenvalue weighted by Gasteiger charge is -2.15. The summed E-state index contributed by atoms with van der Waals surface area (Å²) in [5.74, 6) is 0. The second-order valence-electron chi connectivity index (χ2n) is 4.04. The molecular weight excluding hydrogens is 244 g/mol. The van der Waals surface area contributed by atoms with Crippen LogP contribution in [0.1, 0.15) is 12.6 Å². The van der Waals surface area contributed by atoms with Gasteiger partial charge < -0.3 is 14.6 Å². The molecule has 0 amide bonds. The Morgan fingerprint density at radius 1 is 1.53 bits per heavy atom. The summed E-state index contributed by atoms with van der Waals surface area (Å²) >= 11 is 5.87. The largest absolute Gasteiger partial charge is 0.389 e. The second-order valence-corrected chi connectivity index (χ2v) is 4.44. The van der Waals surface area contributed by atoms with Crippen molar-refractivity contribution in [2.75, 3.05) is 20.3 Å². The number of ether oxygens (including phenoxy) is 2. The van der Waals surface area contributed by atoms with E-state index in [1.54, 1.807) is 18.0 Å². The Bertz CT molecular complexity index is 324. The van der Waals surface area contributed by atoms with Gasteiger partial charge in [-0.25, -0.2) is 0 Å². The van der Waals surface area contributed by atoms with Crippen molar-refractivity contribution < 1.29 is 14.6 Å². The minimum absolute atomic E-state index is 0.0300. The molecule has 17 heavy (non-hydrogen) atoms. The summed E-state index contributed by atoms with van der Waals surface area (Å²) in [6.45, 7) is 4.85. The van der Waals surface area contributed by atoms with Crippen LogP contribution in [0.15, 0.2) is 6.20 Å². The summed E-state index contributed by atoms with van der Waals surface area (Å²) in [7, 11) is 1.62. The molecule has 0 radical (unpaired) electrons. The molecule has 0 saturated carbocycles. The van der Waals surface area contributed by atoms with Gasteiger partial charge in [0, 0.05) is 13.3 Å². The molecule has 0 bridgehead atoms. The van der Waals surface area contributed by atoms with Crippen molar-refractivity contribution in [2.24, 2.45) is 0 Å². The maximum Gasteiger partial charge on any atom is 0.0969 e. The SMILES string of the molecule is COCC(C)OCC(O)Cn1cc(Cl)c(C)n1. The molecule has 5 nitrogen and oxygen atoms in total. The van der Waals surface area contributed by atoms with Crippen molar-refractivity contribution in [1.29, 1.82) is 0 Å². The van der Waals surface area contributed by atoms with Crippen LogP contribution >= 0.6 is 11.6 Å².